The van der Waals surface area contributed by atoms with E-state index >= 15 is 0 Å². The van der Waals surface area contributed by atoms with Gasteiger partial charge in [0.2, 0.25) is 0 Å². The molecule has 2 atom stereocenters. The molecular weight excluding hydrogens is 166 g/mol. The van der Waals surface area contributed by atoms with Crippen LogP contribution in [-0.4, -0.2) is 29.8 Å². The number of piperidine rings is 1. The first kappa shape index (κ1) is 10.4. The first-order chi connectivity index (χ1) is 5.74. The smallest absolute Gasteiger partial charge is 0.00671 e. The number of nitrogens with zero attached hydrogens (tertiary/aromatic N) is 1. The summed E-state index contributed by atoms with van der Waals surface area (Å²) in [5.41, 5.74) is 0. The molecule has 0 aromatic heterocycles. The van der Waals surface area contributed by atoms with Crippen LogP contribution in [0.4, 0.5) is 0 Å². The van der Waals surface area contributed by atoms with Crippen LogP contribution in [0.1, 0.15) is 33.1 Å². The average molecular weight is 187 g/mol. The summed E-state index contributed by atoms with van der Waals surface area (Å²) in [6.45, 7) is 7.26. The van der Waals surface area contributed by atoms with Gasteiger partial charge in [0.25, 0.3) is 0 Å². The summed E-state index contributed by atoms with van der Waals surface area (Å²) < 4.78 is 0. The highest BCUT2D eigenvalue weighted by molar-refractivity contribution is 7.80. The molecule has 12 heavy (non-hydrogen) atoms. The molecule has 1 fully saturated rings. The molecule has 2 unspecified atom stereocenters. The molecule has 1 saturated heterocycles. The molecule has 0 aliphatic carbocycles. The lowest BCUT2D eigenvalue weighted by Gasteiger charge is -2.36. The van der Waals surface area contributed by atoms with Gasteiger partial charge in [0, 0.05) is 12.6 Å². The van der Waals surface area contributed by atoms with E-state index in [9.17, 15) is 0 Å². The summed E-state index contributed by atoms with van der Waals surface area (Å²) in [5.74, 6) is 1.93. The molecule has 0 spiro atoms. The highest BCUT2D eigenvalue weighted by Crippen LogP contribution is 2.21. The molecule has 1 heterocycles. The number of hydrogen-bond donors (Lipinski definition) is 1. The van der Waals surface area contributed by atoms with E-state index in [1.807, 2.05) is 0 Å². The molecule has 0 aromatic carbocycles. The van der Waals surface area contributed by atoms with Crippen LogP contribution in [0.3, 0.4) is 0 Å². The van der Waals surface area contributed by atoms with Crippen molar-refractivity contribution in [2.75, 3.05) is 18.8 Å². The molecule has 1 aliphatic heterocycles. The Morgan fingerprint density at radius 3 is 2.75 bits per heavy atom. The van der Waals surface area contributed by atoms with E-state index in [1.165, 1.54) is 32.4 Å². The van der Waals surface area contributed by atoms with Crippen molar-refractivity contribution in [2.24, 2.45) is 5.92 Å². The third-order valence-electron chi connectivity index (χ3n) is 2.85. The van der Waals surface area contributed by atoms with Crippen molar-refractivity contribution in [1.29, 1.82) is 0 Å². The van der Waals surface area contributed by atoms with E-state index in [-0.39, 0.29) is 0 Å². The Balaban J connectivity index is 2.28. The fourth-order valence-electron chi connectivity index (χ4n) is 1.97. The van der Waals surface area contributed by atoms with E-state index in [4.69, 9.17) is 0 Å². The molecular formula is C10H21NS. The lowest BCUT2D eigenvalue weighted by atomic mass is 9.95. The van der Waals surface area contributed by atoms with E-state index in [1.54, 1.807) is 0 Å². The maximum Gasteiger partial charge on any atom is 0.00671 e. The first-order valence-electron chi connectivity index (χ1n) is 5.09. The van der Waals surface area contributed by atoms with Gasteiger partial charge >= 0.3 is 0 Å². The fraction of sp³-hybridized carbons (Fsp3) is 1.00. The van der Waals surface area contributed by atoms with Gasteiger partial charge in [-0.15, -0.1) is 0 Å². The molecule has 1 aliphatic rings. The van der Waals surface area contributed by atoms with E-state index in [0.29, 0.717) is 0 Å². The molecule has 1 nitrogen and oxygen atoms in total. The summed E-state index contributed by atoms with van der Waals surface area (Å²) >= 11 is 4.25. The van der Waals surface area contributed by atoms with E-state index in [2.05, 4.69) is 31.4 Å². The minimum Gasteiger partial charge on any atom is -0.300 e. The van der Waals surface area contributed by atoms with E-state index in [0.717, 1.165) is 17.7 Å². The number of likely N-dealkylation sites (tertiary alicyclic amines) is 1. The van der Waals surface area contributed by atoms with Gasteiger partial charge < -0.3 is 4.90 Å². The molecule has 2 heteroatoms. The largest absolute Gasteiger partial charge is 0.300 e. The first-order valence-corrected chi connectivity index (χ1v) is 5.72. The second-order valence-corrected chi connectivity index (χ2v) is 4.55. The average Bonchev–Trinajstić information content (AvgIpc) is 2.07. The lowest BCUT2D eigenvalue weighted by molar-refractivity contribution is 0.125. The lowest BCUT2D eigenvalue weighted by Crippen LogP contribution is -2.41. The Morgan fingerprint density at radius 2 is 2.08 bits per heavy atom. The molecule has 0 radical (unpaired) electrons. The van der Waals surface area contributed by atoms with Gasteiger partial charge in [-0.25, -0.2) is 0 Å². The highest BCUT2D eigenvalue weighted by atomic mass is 32.1. The van der Waals surface area contributed by atoms with Crippen molar-refractivity contribution in [3.8, 4) is 0 Å². The summed E-state index contributed by atoms with van der Waals surface area (Å²) in [6, 6.07) is 0.807. The second kappa shape index (κ2) is 5.13. The standard InChI is InChI=1S/C10H21NS/c1-9-4-5-10(2)11(8-9)6-3-7-12/h9-10,12H,3-8H2,1-2H3. The Kier molecular flexibility index (Phi) is 4.44. The van der Waals surface area contributed by atoms with Gasteiger partial charge in [0.1, 0.15) is 0 Å². The van der Waals surface area contributed by atoms with Crippen molar-refractivity contribution >= 4 is 12.6 Å². The number of rotatable bonds is 3. The van der Waals surface area contributed by atoms with Crippen LogP contribution in [-0.2, 0) is 0 Å². The Morgan fingerprint density at radius 1 is 1.33 bits per heavy atom. The molecule has 1 rings (SSSR count). The molecule has 0 N–H and O–H groups in total. The monoisotopic (exact) mass is 187 g/mol. The van der Waals surface area contributed by atoms with Crippen LogP contribution < -0.4 is 0 Å². The van der Waals surface area contributed by atoms with Gasteiger partial charge in [0.05, 0.1) is 0 Å². The van der Waals surface area contributed by atoms with Crippen molar-refractivity contribution in [2.45, 2.75) is 39.2 Å². The van der Waals surface area contributed by atoms with Crippen molar-refractivity contribution in [3.05, 3.63) is 0 Å². The Hall–Kier alpha value is 0.310. The maximum absolute atomic E-state index is 4.25. The van der Waals surface area contributed by atoms with Crippen LogP contribution in [0, 0.1) is 5.92 Å². The minimum atomic E-state index is 0.807. The van der Waals surface area contributed by atoms with Crippen LogP contribution in [0.25, 0.3) is 0 Å². The van der Waals surface area contributed by atoms with Crippen LogP contribution >= 0.6 is 12.6 Å². The van der Waals surface area contributed by atoms with Gasteiger partial charge in [-0.1, -0.05) is 6.92 Å². The second-order valence-electron chi connectivity index (χ2n) is 4.10. The van der Waals surface area contributed by atoms with Crippen LogP contribution in [0.15, 0.2) is 0 Å². The number of hydrogen-bond acceptors (Lipinski definition) is 2. The van der Waals surface area contributed by atoms with Crippen molar-refractivity contribution in [1.82, 2.24) is 4.90 Å². The molecule has 72 valence electrons. The van der Waals surface area contributed by atoms with Gasteiger partial charge in [0.15, 0.2) is 0 Å². The number of thiol groups is 1. The zero-order valence-electron chi connectivity index (χ0n) is 8.29. The Bertz CT molecular complexity index is 127. The summed E-state index contributed by atoms with van der Waals surface area (Å²) in [5, 5.41) is 0. The van der Waals surface area contributed by atoms with E-state index < -0.39 is 0 Å². The van der Waals surface area contributed by atoms with Gasteiger partial charge in [-0.2, -0.15) is 12.6 Å². The normalized spacial score (nSPS) is 32.2. The summed E-state index contributed by atoms with van der Waals surface area (Å²) in [4.78, 5) is 2.62. The van der Waals surface area contributed by atoms with Crippen molar-refractivity contribution in [3.63, 3.8) is 0 Å². The molecule has 0 saturated carbocycles. The predicted molar refractivity (Wildman–Crippen MR) is 57.9 cm³/mol. The SMILES string of the molecule is CC1CCC(C)N(CCCS)C1. The molecule has 0 aromatic rings. The Labute approximate surface area is 81.9 Å². The maximum atomic E-state index is 4.25. The van der Waals surface area contributed by atoms with Gasteiger partial charge in [-0.05, 0) is 44.4 Å². The molecule has 0 amide bonds. The quantitative estimate of drug-likeness (QED) is 0.664. The minimum absolute atomic E-state index is 0.807. The van der Waals surface area contributed by atoms with Gasteiger partial charge in [-0.3, -0.25) is 0 Å². The van der Waals surface area contributed by atoms with Crippen LogP contribution in [0.2, 0.25) is 0 Å². The third-order valence-corrected chi connectivity index (χ3v) is 3.17. The fourth-order valence-corrected chi connectivity index (χ4v) is 2.11. The zero-order chi connectivity index (χ0) is 8.97. The summed E-state index contributed by atoms with van der Waals surface area (Å²) in [6.07, 6.45) is 4.03. The molecule has 0 bridgehead atoms. The third kappa shape index (κ3) is 2.98. The zero-order valence-corrected chi connectivity index (χ0v) is 9.19. The topological polar surface area (TPSA) is 3.24 Å². The summed E-state index contributed by atoms with van der Waals surface area (Å²) in [7, 11) is 0. The predicted octanol–water partition coefficient (Wildman–Crippen LogP) is 2.43. The van der Waals surface area contributed by atoms with Crippen LogP contribution in [0.5, 0.6) is 0 Å². The highest BCUT2D eigenvalue weighted by Gasteiger charge is 2.21. The van der Waals surface area contributed by atoms with Crippen molar-refractivity contribution < 1.29 is 0 Å².